The summed E-state index contributed by atoms with van der Waals surface area (Å²) < 4.78 is 60.5. The van der Waals surface area contributed by atoms with E-state index in [-0.39, 0.29) is 5.78 Å². The summed E-state index contributed by atoms with van der Waals surface area (Å²) >= 11 is 0. The largest absolute Gasteiger partial charge is 0.497 e. The topological polar surface area (TPSA) is 67.5 Å². The number of fused-ring (bicyclic) bond motifs is 1. The molecule has 46 heavy (non-hydrogen) atoms. The summed E-state index contributed by atoms with van der Waals surface area (Å²) in [7, 11) is 4.71. The van der Waals surface area contributed by atoms with Crippen LogP contribution in [0.15, 0.2) is 103 Å². The van der Waals surface area contributed by atoms with Gasteiger partial charge in [-0.05, 0) is 77.9 Å². The van der Waals surface area contributed by atoms with Crippen LogP contribution in [-0.4, -0.2) is 47.8 Å². The van der Waals surface area contributed by atoms with Gasteiger partial charge in [0.15, 0.2) is 0 Å². The van der Waals surface area contributed by atoms with E-state index in [0.29, 0.717) is 69.8 Å². The number of hydrogen-bond acceptors (Lipinski definition) is 5. The molecule has 0 amide bonds. The van der Waals surface area contributed by atoms with Gasteiger partial charge in [0.1, 0.15) is 17.2 Å². The fourth-order valence-corrected chi connectivity index (χ4v) is 5.49. The lowest BCUT2D eigenvalue weighted by Gasteiger charge is -2.17. The number of imidazole rings is 1. The van der Waals surface area contributed by atoms with Gasteiger partial charge in [0.25, 0.3) is 0 Å². The third-order valence-electron chi connectivity index (χ3n) is 7.83. The Hall–Kier alpha value is -5.35. The molecule has 0 bridgehead atoms. The van der Waals surface area contributed by atoms with E-state index in [0.717, 1.165) is 17.6 Å². The molecule has 0 saturated carbocycles. The number of benzene rings is 4. The minimum atomic E-state index is -4.50. The molecule has 0 saturated heterocycles. The van der Waals surface area contributed by atoms with Gasteiger partial charge in [-0.1, -0.05) is 36.4 Å². The number of aromatic nitrogens is 3. The molecular formula is C36H30F3N3O4. The van der Waals surface area contributed by atoms with Gasteiger partial charge in [0.2, 0.25) is 11.7 Å². The average Bonchev–Trinajstić information content (AvgIpc) is 3.65. The Morgan fingerprint density at radius 2 is 1.39 bits per heavy atom. The van der Waals surface area contributed by atoms with E-state index in [1.54, 1.807) is 62.3 Å². The summed E-state index contributed by atoms with van der Waals surface area (Å²) in [6.07, 6.45) is -4.50. The van der Waals surface area contributed by atoms with Crippen LogP contribution in [-0.2, 0) is 17.5 Å². The fourth-order valence-electron chi connectivity index (χ4n) is 5.49. The van der Waals surface area contributed by atoms with Crippen molar-refractivity contribution in [2.24, 2.45) is 0 Å². The van der Waals surface area contributed by atoms with E-state index in [4.69, 9.17) is 19.2 Å². The number of ether oxygens (including phenoxy) is 3. The van der Waals surface area contributed by atoms with Gasteiger partial charge in [-0.25, -0.2) is 4.98 Å². The first kappa shape index (κ1) is 30.7. The Morgan fingerprint density at radius 3 is 2.00 bits per heavy atom. The van der Waals surface area contributed by atoms with Gasteiger partial charge in [0.05, 0.1) is 43.1 Å². The maximum atomic E-state index is 14.6. The lowest BCUT2D eigenvalue weighted by Crippen LogP contribution is -2.17. The first-order chi connectivity index (χ1) is 22.2. The van der Waals surface area contributed by atoms with Gasteiger partial charge >= 0.3 is 6.18 Å². The van der Waals surface area contributed by atoms with Crippen LogP contribution in [0.1, 0.15) is 21.6 Å². The molecule has 4 aromatic carbocycles. The molecule has 10 heteroatoms. The minimum Gasteiger partial charge on any atom is -0.497 e. The monoisotopic (exact) mass is 625 g/mol. The Morgan fingerprint density at radius 1 is 0.783 bits per heavy atom. The van der Waals surface area contributed by atoms with E-state index in [1.165, 1.54) is 12.1 Å². The highest BCUT2D eigenvalue weighted by molar-refractivity contribution is 6.13. The third kappa shape index (κ3) is 5.75. The van der Waals surface area contributed by atoms with E-state index >= 15 is 0 Å². The average molecular weight is 626 g/mol. The zero-order chi connectivity index (χ0) is 32.4. The number of alkyl halides is 3. The molecule has 0 unspecified atom stereocenters. The molecule has 0 aliphatic rings. The zero-order valence-electron chi connectivity index (χ0n) is 25.3. The Balaban J connectivity index is 1.69. The zero-order valence-corrected chi connectivity index (χ0v) is 25.3. The molecule has 0 atom stereocenters. The lowest BCUT2D eigenvalue weighted by molar-refractivity contribution is -0.137. The summed E-state index contributed by atoms with van der Waals surface area (Å²) in [5.41, 5.74) is 3.67. The Kier molecular flexibility index (Phi) is 8.38. The van der Waals surface area contributed by atoms with Crippen molar-refractivity contribution >= 4 is 16.8 Å². The van der Waals surface area contributed by atoms with Gasteiger partial charge in [-0.15, -0.1) is 0 Å². The summed E-state index contributed by atoms with van der Waals surface area (Å²) in [4.78, 5) is 19.6. The molecule has 0 radical (unpaired) electrons. The molecule has 0 aliphatic carbocycles. The molecule has 2 heterocycles. The minimum absolute atomic E-state index is 0.291. The van der Waals surface area contributed by atoms with Crippen LogP contribution in [0.2, 0.25) is 0 Å². The van der Waals surface area contributed by atoms with Crippen molar-refractivity contribution in [3.63, 3.8) is 0 Å². The molecule has 6 aromatic rings. The first-order valence-corrected chi connectivity index (χ1v) is 14.4. The molecule has 6 rings (SSSR count). The number of nitrogens with zero attached hydrogens (tertiary/aromatic N) is 3. The number of methoxy groups -OCH3 is 3. The number of halogens is 3. The van der Waals surface area contributed by atoms with Gasteiger partial charge in [-0.2, -0.15) is 13.2 Å². The molecule has 2 aromatic heterocycles. The molecule has 0 aliphatic heterocycles. The van der Waals surface area contributed by atoms with Crippen LogP contribution >= 0.6 is 0 Å². The number of para-hydroxylation sites is 2. The summed E-state index contributed by atoms with van der Waals surface area (Å²) in [6, 6.07) is 28.3. The van der Waals surface area contributed by atoms with Crippen molar-refractivity contribution in [3.05, 3.63) is 120 Å². The Bertz CT molecular complexity index is 1990. The predicted molar refractivity (Wildman–Crippen MR) is 170 cm³/mol. The van der Waals surface area contributed by atoms with E-state index in [1.807, 2.05) is 47.0 Å². The highest BCUT2D eigenvalue weighted by atomic mass is 19.4. The van der Waals surface area contributed by atoms with Gasteiger partial charge in [0, 0.05) is 24.8 Å². The fraction of sp³-hybridized carbons (Fsp3) is 0.167. The van der Waals surface area contributed by atoms with Crippen molar-refractivity contribution in [1.82, 2.24) is 14.1 Å². The van der Waals surface area contributed by atoms with Crippen molar-refractivity contribution < 1.29 is 32.2 Å². The van der Waals surface area contributed by atoms with Crippen LogP contribution < -0.4 is 9.47 Å². The van der Waals surface area contributed by atoms with Crippen molar-refractivity contribution in [2.45, 2.75) is 12.7 Å². The SMILES string of the molecule is COCCn1c(-n2c(-c3ccc(C(F)(F)F)cc3)cc(-c3ccc(OC)cc3)c2C(=O)c2ccc(OC)cc2)nc2ccccc21. The maximum absolute atomic E-state index is 14.6. The maximum Gasteiger partial charge on any atom is 0.416 e. The lowest BCUT2D eigenvalue weighted by atomic mass is 9.99. The van der Waals surface area contributed by atoms with E-state index < -0.39 is 11.7 Å². The summed E-state index contributed by atoms with van der Waals surface area (Å²) in [5.74, 6) is 1.34. The van der Waals surface area contributed by atoms with Crippen molar-refractivity contribution in [2.75, 3.05) is 27.9 Å². The van der Waals surface area contributed by atoms with Crippen LogP contribution in [0, 0.1) is 0 Å². The number of rotatable bonds is 10. The second-order valence-electron chi connectivity index (χ2n) is 10.5. The Labute approximate surface area is 263 Å². The number of carbonyl (C=O) groups excluding carboxylic acids is 1. The molecule has 234 valence electrons. The molecule has 0 spiro atoms. The second kappa shape index (κ2) is 12.6. The molecule has 7 nitrogen and oxygen atoms in total. The van der Waals surface area contributed by atoms with Crippen LogP contribution in [0.3, 0.4) is 0 Å². The second-order valence-corrected chi connectivity index (χ2v) is 10.5. The number of hydrogen-bond donors (Lipinski definition) is 0. The highest BCUT2D eigenvalue weighted by Gasteiger charge is 2.31. The summed E-state index contributed by atoms with van der Waals surface area (Å²) in [5, 5.41) is 0. The summed E-state index contributed by atoms with van der Waals surface area (Å²) in [6.45, 7) is 0.766. The normalized spacial score (nSPS) is 11.6. The van der Waals surface area contributed by atoms with Crippen LogP contribution in [0.4, 0.5) is 13.2 Å². The molecule has 0 N–H and O–H groups in total. The van der Waals surface area contributed by atoms with Gasteiger partial charge in [-0.3, -0.25) is 9.36 Å². The third-order valence-corrected chi connectivity index (χ3v) is 7.83. The standard InChI is InChI=1S/C36H30F3N3O4/c1-44-21-20-41-31-7-5-4-6-30(31)40-35(41)42-32(24-8-14-26(15-9-24)36(37,38)39)22-29(23-10-16-27(45-2)17-11-23)33(42)34(43)25-12-18-28(46-3)19-13-25/h4-19,22H,20-21H2,1-3H3. The first-order valence-electron chi connectivity index (χ1n) is 14.4. The van der Waals surface area contributed by atoms with Crippen LogP contribution in [0.25, 0.3) is 39.4 Å². The smallest absolute Gasteiger partial charge is 0.416 e. The van der Waals surface area contributed by atoms with E-state index in [2.05, 4.69) is 0 Å². The number of carbonyl (C=O) groups is 1. The quantitative estimate of drug-likeness (QED) is 0.144. The van der Waals surface area contributed by atoms with Crippen molar-refractivity contribution in [3.8, 4) is 39.8 Å². The van der Waals surface area contributed by atoms with Crippen LogP contribution in [0.5, 0.6) is 11.5 Å². The highest BCUT2D eigenvalue weighted by Crippen LogP contribution is 2.39. The number of ketones is 1. The van der Waals surface area contributed by atoms with Gasteiger partial charge < -0.3 is 18.8 Å². The molecule has 0 fully saturated rings. The van der Waals surface area contributed by atoms with E-state index in [9.17, 15) is 18.0 Å². The molecular weight excluding hydrogens is 595 g/mol. The van der Waals surface area contributed by atoms with Crippen molar-refractivity contribution in [1.29, 1.82) is 0 Å². The predicted octanol–water partition coefficient (Wildman–Crippen LogP) is 8.07.